The van der Waals surface area contributed by atoms with Gasteiger partial charge < -0.3 is 5.73 Å². The Morgan fingerprint density at radius 2 is 1.83 bits per heavy atom. The van der Waals surface area contributed by atoms with Crippen molar-refractivity contribution in [2.75, 3.05) is 5.73 Å². The first-order valence-electron chi connectivity index (χ1n) is 8.02. The molecule has 0 atom stereocenters. The molecule has 3 aromatic rings. The van der Waals surface area contributed by atoms with Gasteiger partial charge in [0.05, 0.1) is 5.69 Å². The van der Waals surface area contributed by atoms with Crippen LogP contribution >= 0.6 is 0 Å². The average Bonchev–Trinajstić information content (AvgIpc) is 2.58. The minimum atomic E-state index is -0.119. The Morgan fingerprint density at radius 3 is 2.58 bits per heavy atom. The first-order valence-corrected chi connectivity index (χ1v) is 8.02. The van der Waals surface area contributed by atoms with Crippen molar-refractivity contribution in [3.63, 3.8) is 0 Å². The Balaban J connectivity index is 1.81. The van der Waals surface area contributed by atoms with Gasteiger partial charge in [-0.1, -0.05) is 48.5 Å². The molecule has 0 aliphatic heterocycles. The summed E-state index contributed by atoms with van der Waals surface area (Å²) < 4.78 is 1.35. The second-order valence-corrected chi connectivity index (χ2v) is 6.02. The molecular weight excluding hydrogens is 298 g/mol. The maximum absolute atomic E-state index is 11.8. The van der Waals surface area contributed by atoms with E-state index in [1.54, 1.807) is 13.1 Å². The second kappa shape index (κ2) is 6.71. The van der Waals surface area contributed by atoms with E-state index < -0.39 is 0 Å². The number of anilines is 1. The fraction of sp³-hybridized carbons (Fsp3) is 0.200. The fourth-order valence-corrected chi connectivity index (χ4v) is 2.80. The normalized spacial score (nSPS) is 10.8. The summed E-state index contributed by atoms with van der Waals surface area (Å²) in [6, 6.07) is 18.4. The van der Waals surface area contributed by atoms with Gasteiger partial charge in [-0.05, 0) is 42.0 Å². The summed E-state index contributed by atoms with van der Waals surface area (Å²) in [5, 5.41) is 0. The number of rotatable bonds is 4. The van der Waals surface area contributed by atoms with Gasteiger partial charge in [-0.2, -0.15) is 0 Å². The quantitative estimate of drug-likeness (QED) is 0.803. The molecule has 24 heavy (non-hydrogen) atoms. The molecule has 0 amide bonds. The number of nitrogens with zero attached hydrogens (tertiary/aromatic N) is 2. The van der Waals surface area contributed by atoms with E-state index in [0.717, 1.165) is 12.1 Å². The van der Waals surface area contributed by atoms with E-state index in [2.05, 4.69) is 60.4 Å². The molecule has 0 spiro atoms. The van der Waals surface area contributed by atoms with Gasteiger partial charge in [-0.15, -0.1) is 0 Å². The monoisotopic (exact) mass is 319 g/mol. The highest BCUT2D eigenvalue weighted by Crippen LogP contribution is 2.24. The zero-order valence-electron chi connectivity index (χ0n) is 14.0. The van der Waals surface area contributed by atoms with Gasteiger partial charge in [0, 0.05) is 13.1 Å². The van der Waals surface area contributed by atoms with Crippen LogP contribution in [0.25, 0.3) is 11.1 Å². The number of nitrogen functional groups attached to an aromatic ring is 1. The van der Waals surface area contributed by atoms with Gasteiger partial charge in [0.25, 0.3) is 5.56 Å². The van der Waals surface area contributed by atoms with Crippen molar-refractivity contribution in [3.8, 4) is 11.1 Å². The summed E-state index contributed by atoms with van der Waals surface area (Å²) in [7, 11) is 1.63. The van der Waals surface area contributed by atoms with E-state index in [-0.39, 0.29) is 11.5 Å². The van der Waals surface area contributed by atoms with Gasteiger partial charge in [0.1, 0.15) is 0 Å². The predicted octanol–water partition coefficient (Wildman–Crippen LogP) is 3.12. The average molecular weight is 319 g/mol. The predicted molar refractivity (Wildman–Crippen MR) is 97.9 cm³/mol. The molecule has 2 N–H and O–H groups in total. The number of hydrogen-bond donors (Lipinski definition) is 1. The van der Waals surface area contributed by atoms with E-state index >= 15 is 0 Å². The molecule has 0 radical (unpaired) electrons. The Morgan fingerprint density at radius 1 is 1.04 bits per heavy atom. The molecule has 0 bridgehead atoms. The largest absolute Gasteiger partial charge is 0.369 e. The van der Waals surface area contributed by atoms with Crippen LogP contribution in [0, 0.1) is 6.92 Å². The summed E-state index contributed by atoms with van der Waals surface area (Å²) >= 11 is 0. The lowest BCUT2D eigenvalue weighted by Gasteiger charge is -2.09. The van der Waals surface area contributed by atoms with E-state index in [1.807, 2.05) is 0 Å². The highest BCUT2D eigenvalue weighted by Gasteiger charge is 2.05. The molecular formula is C20H21N3O. The third-order valence-electron chi connectivity index (χ3n) is 4.28. The lowest BCUT2D eigenvalue weighted by Crippen LogP contribution is -2.21. The van der Waals surface area contributed by atoms with Crippen molar-refractivity contribution in [1.82, 2.24) is 9.55 Å². The first-order chi connectivity index (χ1) is 11.5. The standard InChI is InChI=1S/C20H21N3O/c1-14-6-3-4-9-18(14)16-8-5-7-15(12-16)10-11-17-13-19(24)23(2)20(21)22-17/h3-9,12-13H,10-11H2,1-2H3,(H2,21,22). The van der Waals surface area contributed by atoms with Crippen LogP contribution in [0.3, 0.4) is 0 Å². The van der Waals surface area contributed by atoms with E-state index in [0.29, 0.717) is 6.42 Å². The van der Waals surface area contributed by atoms with E-state index in [1.165, 1.54) is 26.8 Å². The number of nitrogens with two attached hydrogens (primary N) is 1. The van der Waals surface area contributed by atoms with Crippen LogP contribution in [0.5, 0.6) is 0 Å². The van der Waals surface area contributed by atoms with Crippen LogP contribution in [0.15, 0.2) is 59.4 Å². The lowest BCUT2D eigenvalue weighted by atomic mass is 9.97. The van der Waals surface area contributed by atoms with Crippen molar-refractivity contribution in [2.45, 2.75) is 19.8 Å². The van der Waals surface area contributed by atoms with Gasteiger partial charge in [0.15, 0.2) is 0 Å². The Labute approximate surface area is 141 Å². The maximum atomic E-state index is 11.8. The summed E-state index contributed by atoms with van der Waals surface area (Å²) in [5.74, 6) is 0.256. The first kappa shape index (κ1) is 16.0. The van der Waals surface area contributed by atoms with Crippen LogP contribution < -0.4 is 11.3 Å². The SMILES string of the molecule is Cc1ccccc1-c1cccc(CCc2cc(=O)n(C)c(N)n2)c1. The minimum Gasteiger partial charge on any atom is -0.369 e. The van der Waals surface area contributed by atoms with Crippen molar-refractivity contribution < 1.29 is 0 Å². The summed E-state index contributed by atoms with van der Waals surface area (Å²) in [4.78, 5) is 16.1. The molecule has 0 aliphatic rings. The second-order valence-electron chi connectivity index (χ2n) is 6.02. The minimum absolute atomic E-state index is 0.119. The molecule has 122 valence electrons. The molecule has 1 aromatic heterocycles. The van der Waals surface area contributed by atoms with Crippen LogP contribution in [-0.2, 0) is 19.9 Å². The molecule has 2 aromatic carbocycles. The summed E-state index contributed by atoms with van der Waals surface area (Å²) in [6.45, 7) is 2.12. The number of hydrogen-bond acceptors (Lipinski definition) is 3. The molecule has 0 fully saturated rings. The molecule has 1 heterocycles. The van der Waals surface area contributed by atoms with E-state index in [4.69, 9.17) is 5.73 Å². The zero-order valence-corrected chi connectivity index (χ0v) is 14.0. The van der Waals surface area contributed by atoms with Gasteiger partial charge in [0.2, 0.25) is 5.95 Å². The molecule has 0 aliphatic carbocycles. The van der Waals surface area contributed by atoms with Crippen molar-refractivity contribution in [1.29, 1.82) is 0 Å². The molecule has 4 nitrogen and oxygen atoms in total. The number of aromatic nitrogens is 2. The maximum Gasteiger partial charge on any atom is 0.254 e. The highest BCUT2D eigenvalue weighted by molar-refractivity contribution is 5.67. The summed E-state index contributed by atoms with van der Waals surface area (Å²) in [6.07, 6.45) is 1.51. The smallest absolute Gasteiger partial charge is 0.254 e. The molecule has 4 heteroatoms. The lowest BCUT2D eigenvalue weighted by molar-refractivity contribution is 0.806. The van der Waals surface area contributed by atoms with E-state index in [9.17, 15) is 4.79 Å². The van der Waals surface area contributed by atoms with Crippen molar-refractivity contribution in [3.05, 3.63) is 81.8 Å². The Hall–Kier alpha value is -2.88. The fourth-order valence-electron chi connectivity index (χ4n) is 2.80. The van der Waals surface area contributed by atoms with Gasteiger partial charge >= 0.3 is 0 Å². The third-order valence-corrected chi connectivity index (χ3v) is 4.28. The molecule has 0 saturated heterocycles. The van der Waals surface area contributed by atoms with Gasteiger partial charge in [-0.3, -0.25) is 9.36 Å². The Bertz CT molecular complexity index is 928. The van der Waals surface area contributed by atoms with Crippen LogP contribution in [0.2, 0.25) is 0 Å². The van der Waals surface area contributed by atoms with Crippen LogP contribution in [-0.4, -0.2) is 9.55 Å². The van der Waals surface area contributed by atoms with Crippen LogP contribution in [0.4, 0.5) is 5.95 Å². The molecule has 0 unspecified atom stereocenters. The van der Waals surface area contributed by atoms with Crippen molar-refractivity contribution >= 4 is 5.95 Å². The number of aryl methyl sites for hydroxylation is 3. The molecule has 0 saturated carbocycles. The van der Waals surface area contributed by atoms with Gasteiger partial charge in [-0.25, -0.2) is 4.98 Å². The number of benzene rings is 2. The topological polar surface area (TPSA) is 60.9 Å². The summed E-state index contributed by atoms with van der Waals surface area (Å²) in [5.41, 5.74) is 11.3. The third kappa shape index (κ3) is 3.38. The zero-order chi connectivity index (χ0) is 17.1. The highest BCUT2D eigenvalue weighted by atomic mass is 16.1. The Kier molecular flexibility index (Phi) is 4.47. The van der Waals surface area contributed by atoms with Crippen molar-refractivity contribution in [2.24, 2.45) is 7.05 Å². The molecule has 3 rings (SSSR count). The van der Waals surface area contributed by atoms with Crippen LogP contribution in [0.1, 0.15) is 16.8 Å².